The monoisotopic (exact) mass is 597 g/mol. The highest BCUT2D eigenvalue weighted by Crippen LogP contribution is 2.30. The van der Waals surface area contributed by atoms with Crippen LogP contribution < -0.4 is 31.0 Å². The molecule has 4 rings (SSSR count). The lowest BCUT2D eigenvalue weighted by Crippen LogP contribution is -3.00. The second kappa shape index (κ2) is 15.8. The Balaban J connectivity index is 0.00000342. The Labute approximate surface area is 231 Å². The fourth-order valence-corrected chi connectivity index (χ4v) is 5.81. The van der Waals surface area contributed by atoms with Gasteiger partial charge >= 0.3 is 0 Å². The maximum Gasteiger partial charge on any atom is 0.262 e. The van der Waals surface area contributed by atoms with E-state index < -0.39 is 0 Å². The van der Waals surface area contributed by atoms with Crippen LogP contribution in [0, 0.1) is 0 Å². The third kappa shape index (κ3) is 8.98. The van der Waals surface area contributed by atoms with Crippen molar-refractivity contribution in [1.82, 2.24) is 0 Å². The van der Waals surface area contributed by atoms with Crippen molar-refractivity contribution < 1.29 is 40.5 Å². The van der Waals surface area contributed by atoms with E-state index in [2.05, 4.69) is 60.2 Å². The van der Waals surface area contributed by atoms with Gasteiger partial charge in [0.1, 0.15) is 11.7 Å². The number of thioether (sulfide) groups is 2. The molecule has 0 N–H and O–H groups in total. The number of hydrogen-bond donors (Lipinski definition) is 0. The molecule has 0 saturated carbocycles. The van der Waals surface area contributed by atoms with Gasteiger partial charge in [0, 0.05) is 35.2 Å². The maximum atomic E-state index is 6.15. The third-order valence-electron chi connectivity index (χ3n) is 5.24. The number of aryl methyl sites for hydroxylation is 1. The molecule has 0 saturated heterocycles. The highest BCUT2D eigenvalue weighted by atomic mass is 79.9. The van der Waals surface area contributed by atoms with Crippen molar-refractivity contribution in [2.24, 2.45) is 7.05 Å². The fourth-order valence-electron chi connectivity index (χ4n) is 3.48. The van der Waals surface area contributed by atoms with Crippen molar-refractivity contribution in [1.29, 1.82) is 0 Å². The van der Waals surface area contributed by atoms with Crippen LogP contribution in [0.3, 0.4) is 0 Å². The second-order valence-electron chi connectivity index (χ2n) is 7.65. The Bertz CT molecular complexity index is 1080. The van der Waals surface area contributed by atoms with Gasteiger partial charge in [-0.25, -0.2) is 0 Å². The zero-order chi connectivity index (χ0) is 23.4. The molecule has 0 spiro atoms. The van der Waals surface area contributed by atoms with E-state index in [0.717, 1.165) is 53.3 Å². The predicted octanol–water partition coefficient (Wildman–Crippen LogP) is 2.17. The minimum Gasteiger partial charge on any atom is -1.00 e. The lowest BCUT2D eigenvalue weighted by atomic mass is 10.2. The van der Waals surface area contributed by atoms with Gasteiger partial charge in [0.05, 0.1) is 39.6 Å². The summed E-state index contributed by atoms with van der Waals surface area (Å²) in [5, 5.41) is 1.21. The molecular weight excluding hydrogens is 566 g/mol. The summed E-state index contributed by atoms with van der Waals surface area (Å²) in [4.78, 5) is 0. The first-order valence-corrected chi connectivity index (χ1v) is 14.7. The molecular formula is C26H32BrNO4S3. The average molecular weight is 599 g/mol. The number of thiazole rings is 1. The Kier molecular flexibility index (Phi) is 12.8. The van der Waals surface area contributed by atoms with E-state index in [4.69, 9.17) is 18.9 Å². The van der Waals surface area contributed by atoms with Gasteiger partial charge in [-0.3, -0.25) is 0 Å². The molecule has 2 aromatic carbocycles. The van der Waals surface area contributed by atoms with Crippen molar-refractivity contribution in [2.45, 2.75) is 0 Å². The van der Waals surface area contributed by atoms with Crippen LogP contribution in [0.1, 0.15) is 10.6 Å². The highest BCUT2D eigenvalue weighted by Gasteiger charge is 2.13. The lowest BCUT2D eigenvalue weighted by Gasteiger charge is -2.14. The van der Waals surface area contributed by atoms with Crippen LogP contribution in [0.2, 0.25) is 0 Å². The molecule has 0 fully saturated rings. The number of nitrogens with zero attached hydrogens (tertiary/aromatic N) is 1. The third-order valence-corrected chi connectivity index (χ3v) is 8.25. The SMILES string of the molecule is C[n+]1c(/C=C/c2ccc3c(c2)OCCSCCOCCOCCSCCO3)sc2ccccc21.[Br-]. The normalized spacial score (nSPS) is 16.9. The molecule has 0 unspecified atom stereocenters. The van der Waals surface area contributed by atoms with Crippen molar-refractivity contribution in [2.75, 3.05) is 62.7 Å². The molecule has 190 valence electrons. The minimum atomic E-state index is 0. The van der Waals surface area contributed by atoms with Gasteiger partial charge in [-0.1, -0.05) is 29.5 Å². The number of halogens is 1. The number of hydrogen-bond acceptors (Lipinski definition) is 7. The number of aromatic nitrogens is 1. The molecule has 2 heterocycles. The van der Waals surface area contributed by atoms with E-state index in [1.165, 1.54) is 15.2 Å². The van der Waals surface area contributed by atoms with E-state index in [-0.39, 0.29) is 17.0 Å². The number of para-hydroxylation sites is 1. The van der Waals surface area contributed by atoms with Crippen molar-refractivity contribution >= 4 is 57.2 Å². The summed E-state index contributed by atoms with van der Waals surface area (Å²) in [6, 6.07) is 14.7. The van der Waals surface area contributed by atoms with Crippen LogP contribution in [-0.4, -0.2) is 62.7 Å². The highest BCUT2D eigenvalue weighted by molar-refractivity contribution is 7.99. The molecule has 5 nitrogen and oxygen atoms in total. The second-order valence-corrected chi connectivity index (χ2v) is 11.2. The molecule has 35 heavy (non-hydrogen) atoms. The summed E-state index contributed by atoms with van der Waals surface area (Å²) >= 11 is 5.46. The first-order chi connectivity index (χ1) is 16.8. The van der Waals surface area contributed by atoms with Crippen molar-refractivity contribution in [3.63, 3.8) is 0 Å². The van der Waals surface area contributed by atoms with Crippen molar-refractivity contribution in [3.05, 3.63) is 53.0 Å². The van der Waals surface area contributed by atoms with Crippen LogP contribution in [0.5, 0.6) is 11.5 Å². The first-order valence-electron chi connectivity index (χ1n) is 11.6. The maximum absolute atomic E-state index is 6.15. The lowest BCUT2D eigenvalue weighted by molar-refractivity contribution is -0.642. The van der Waals surface area contributed by atoms with Gasteiger partial charge in [-0.15, -0.1) is 0 Å². The molecule has 1 aromatic heterocycles. The standard InChI is InChI=1S/C26H32NO4S3.BrH/c1-27-22-4-2-3-5-25(22)34-26(27)9-7-21-6-8-23-24(20-21)31-15-19-33-17-13-29-11-10-28-12-16-32-18-14-30-23;/h2-9,20H,10-19H2,1H3;1H/q+1;/p-1/b9-7+;. The Hall–Kier alpha value is -1.23. The average Bonchev–Trinajstić information content (AvgIpc) is 3.18. The topological polar surface area (TPSA) is 40.8 Å². The van der Waals surface area contributed by atoms with E-state index >= 15 is 0 Å². The summed E-state index contributed by atoms with van der Waals surface area (Å²) in [7, 11) is 2.11. The Morgan fingerprint density at radius 3 is 2.11 bits per heavy atom. The largest absolute Gasteiger partial charge is 1.00 e. The first kappa shape index (κ1) is 28.3. The van der Waals surface area contributed by atoms with Gasteiger partial charge in [-0.05, 0) is 29.8 Å². The van der Waals surface area contributed by atoms with E-state index in [9.17, 15) is 0 Å². The molecule has 3 aromatic rings. The summed E-state index contributed by atoms with van der Waals surface area (Å²) in [6.07, 6.45) is 4.31. The van der Waals surface area contributed by atoms with Crippen molar-refractivity contribution in [3.8, 4) is 11.5 Å². The molecule has 0 bridgehead atoms. The molecule has 1 aliphatic rings. The summed E-state index contributed by atoms with van der Waals surface area (Å²) in [6.45, 7) is 4.09. The van der Waals surface area contributed by atoms with Gasteiger partial charge in [0.25, 0.3) is 5.01 Å². The number of benzene rings is 2. The summed E-state index contributed by atoms with van der Waals surface area (Å²) < 4.78 is 27.0. The van der Waals surface area contributed by atoms with Crippen LogP contribution in [0.15, 0.2) is 42.5 Å². The zero-order valence-electron chi connectivity index (χ0n) is 20.0. The summed E-state index contributed by atoms with van der Waals surface area (Å²) in [5.74, 6) is 5.34. The molecule has 0 aliphatic carbocycles. The van der Waals surface area contributed by atoms with Gasteiger partial charge in [-0.2, -0.15) is 28.1 Å². The van der Waals surface area contributed by atoms with Crippen LogP contribution in [0.25, 0.3) is 22.4 Å². The molecule has 1 aliphatic heterocycles. The van der Waals surface area contributed by atoms with E-state index in [1.54, 1.807) is 11.3 Å². The smallest absolute Gasteiger partial charge is 0.262 e. The Morgan fingerprint density at radius 2 is 1.40 bits per heavy atom. The number of rotatable bonds is 2. The zero-order valence-corrected chi connectivity index (χ0v) is 24.0. The number of fused-ring (bicyclic) bond motifs is 2. The van der Waals surface area contributed by atoms with Crippen LogP contribution >= 0.6 is 34.9 Å². The number of ether oxygens (including phenoxy) is 4. The fraction of sp³-hybridized carbons (Fsp3) is 0.423. The van der Waals surface area contributed by atoms with Gasteiger partial charge < -0.3 is 35.9 Å². The molecule has 0 amide bonds. The Morgan fingerprint density at radius 1 is 0.743 bits per heavy atom. The minimum absolute atomic E-state index is 0. The van der Waals surface area contributed by atoms with Crippen LogP contribution in [-0.2, 0) is 16.5 Å². The molecule has 0 atom stereocenters. The van der Waals surface area contributed by atoms with E-state index in [0.29, 0.717) is 26.4 Å². The molecule has 0 radical (unpaired) electrons. The molecule has 9 heteroatoms. The van der Waals surface area contributed by atoms with Crippen LogP contribution in [0.4, 0.5) is 0 Å². The van der Waals surface area contributed by atoms with Gasteiger partial charge in [0.15, 0.2) is 11.5 Å². The predicted molar refractivity (Wildman–Crippen MR) is 146 cm³/mol. The van der Waals surface area contributed by atoms with E-state index in [1.807, 2.05) is 29.6 Å². The van der Waals surface area contributed by atoms with Gasteiger partial charge in [0.2, 0.25) is 5.52 Å². The quantitative estimate of drug-likeness (QED) is 0.422. The summed E-state index contributed by atoms with van der Waals surface area (Å²) in [5.41, 5.74) is 2.34.